The second-order valence-electron chi connectivity index (χ2n) is 9.07. The number of aryl methyl sites for hydroxylation is 1. The highest BCUT2D eigenvalue weighted by atomic mass is 35.5. The number of benzene rings is 4. The highest BCUT2D eigenvalue weighted by Gasteiger charge is 2.21. The van der Waals surface area contributed by atoms with Gasteiger partial charge in [0.25, 0.3) is 11.8 Å². The van der Waals surface area contributed by atoms with Gasteiger partial charge in [-0.3, -0.25) is 19.4 Å². The first-order valence-corrected chi connectivity index (χ1v) is 13.2. The van der Waals surface area contributed by atoms with E-state index in [-0.39, 0.29) is 5.56 Å². The predicted molar refractivity (Wildman–Crippen MR) is 166 cm³/mol. The van der Waals surface area contributed by atoms with Gasteiger partial charge in [-0.2, -0.15) is 5.26 Å². The smallest absolute Gasteiger partial charge is 0.322 e. The Labute approximate surface area is 257 Å². The van der Waals surface area contributed by atoms with Crippen LogP contribution in [0.3, 0.4) is 0 Å². The molecule has 4 aromatic carbocycles. The second-order valence-corrected chi connectivity index (χ2v) is 9.48. The highest BCUT2D eigenvalue weighted by molar-refractivity contribution is 6.33. The first-order chi connectivity index (χ1) is 21.0. The lowest BCUT2D eigenvalue weighted by atomic mass is 9.96. The summed E-state index contributed by atoms with van der Waals surface area (Å²) in [6.07, 6.45) is 1.76. The summed E-state index contributed by atoms with van der Waals surface area (Å²) < 4.78 is 27.9. The van der Waals surface area contributed by atoms with Crippen LogP contribution in [0.1, 0.15) is 37.4 Å². The summed E-state index contributed by atoms with van der Waals surface area (Å²) in [6.45, 7) is 8.67. The van der Waals surface area contributed by atoms with Gasteiger partial charge in [0.05, 0.1) is 17.3 Å². The molecule has 0 atom stereocenters. The number of anilines is 1. The molecule has 4 rings (SSSR count). The molecule has 0 aromatic heterocycles. The van der Waals surface area contributed by atoms with Gasteiger partial charge in [0, 0.05) is 33.0 Å². The SMILES string of the molecule is C=Cc1c(C)ccc(-c2ccc(C#N)cc2Cl)c1N=C.O=C(O)CNC(=O)c1c(F)cc(C(=O)Nc2ccccc2)cc1F. The molecule has 3 N–H and O–H groups in total. The summed E-state index contributed by atoms with van der Waals surface area (Å²) >= 11 is 6.27. The number of carbonyl (C=O) groups is 3. The molecule has 4 aromatic rings. The van der Waals surface area contributed by atoms with E-state index in [0.29, 0.717) is 28.4 Å². The zero-order valence-corrected chi connectivity index (χ0v) is 24.1. The molecule has 0 heterocycles. The lowest BCUT2D eigenvalue weighted by Gasteiger charge is -2.12. The number of carboxylic acid groups (broad SMARTS) is 1. The first kappa shape index (κ1) is 32.8. The second kappa shape index (κ2) is 15.0. The Balaban J connectivity index is 0.000000244. The number of aliphatic imine (C=N–C) groups is 1. The number of carboxylic acids is 1. The Morgan fingerprint density at radius 3 is 2.18 bits per heavy atom. The molecule has 0 aliphatic heterocycles. The fraction of sp³-hybridized carbons (Fsp3) is 0.0606. The zero-order chi connectivity index (χ0) is 32.4. The van der Waals surface area contributed by atoms with E-state index in [4.69, 9.17) is 22.0 Å². The minimum absolute atomic E-state index is 0.316. The molecule has 0 saturated heterocycles. The van der Waals surface area contributed by atoms with Crippen molar-refractivity contribution in [3.05, 3.63) is 124 Å². The number of carbonyl (C=O) groups excluding carboxylic acids is 2. The van der Waals surface area contributed by atoms with Gasteiger partial charge in [-0.15, -0.1) is 0 Å². The molecule has 2 amide bonds. The van der Waals surface area contributed by atoms with Crippen LogP contribution in [-0.2, 0) is 4.79 Å². The van der Waals surface area contributed by atoms with E-state index < -0.39 is 41.5 Å². The average molecular weight is 615 g/mol. The van der Waals surface area contributed by atoms with E-state index in [2.05, 4.69) is 29.7 Å². The summed E-state index contributed by atoms with van der Waals surface area (Å²) in [4.78, 5) is 38.1. The van der Waals surface area contributed by atoms with Crippen LogP contribution in [0.2, 0.25) is 5.02 Å². The van der Waals surface area contributed by atoms with Crippen LogP contribution in [0.4, 0.5) is 20.2 Å². The molecule has 8 nitrogen and oxygen atoms in total. The fourth-order valence-corrected chi connectivity index (χ4v) is 4.33. The molecule has 0 spiro atoms. The van der Waals surface area contributed by atoms with Crippen LogP contribution in [0.25, 0.3) is 17.2 Å². The third-order valence-corrected chi connectivity index (χ3v) is 6.46. The zero-order valence-electron chi connectivity index (χ0n) is 23.3. The average Bonchev–Trinajstić information content (AvgIpc) is 3.00. The van der Waals surface area contributed by atoms with Crippen molar-refractivity contribution in [3.63, 3.8) is 0 Å². The quantitative estimate of drug-likeness (QED) is 0.181. The van der Waals surface area contributed by atoms with E-state index in [1.807, 2.05) is 30.4 Å². The molecule has 0 bridgehead atoms. The van der Waals surface area contributed by atoms with E-state index in [0.717, 1.165) is 27.9 Å². The predicted octanol–water partition coefficient (Wildman–Crippen LogP) is 7.19. The van der Waals surface area contributed by atoms with E-state index in [1.54, 1.807) is 48.5 Å². The maximum atomic E-state index is 14.0. The number of nitrogens with one attached hydrogen (secondary N) is 2. The lowest BCUT2D eigenvalue weighted by Crippen LogP contribution is -2.31. The molecular formula is C33H25ClF2N4O4. The Morgan fingerprint density at radius 2 is 1.64 bits per heavy atom. The monoisotopic (exact) mass is 614 g/mol. The lowest BCUT2D eigenvalue weighted by molar-refractivity contribution is -0.135. The first-order valence-electron chi connectivity index (χ1n) is 12.8. The molecule has 11 heteroatoms. The minimum atomic E-state index is -1.36. The van der Waals surface area contributed by atoms with Crippen molar-refractivity contribution in [1.29, 1.82) is 5.26 Å². The third-order valence-electron chi connectivity index (χ3n) is 6.15. The summed E-state index contributed by atoms with van der Waals surface area (Å²) in [5.41, 5.74) is 4.19. The highest BCUT2D eigenvalue weighted by Crippen LogP contribution is 2.39. The molecule has 0 unspecified atom stereocenters. The van der Waals surface area contributed by atoms with E-state index in [1.165, 1.54) is 0 Å². The molecule has 0 radical (unpaired) electrons. The Morgan fingerprint density at radius 1 is 1.00 bits per heavy atom. The van der Waals surface area contributed by atoms with Gasteiger partial charge in [0.15, 0.2) is 0 Å². The van der Waals surface area contributed by atoms with Crippen molar-refractivity contribution in [2.24, 2.45) is 4.99 Å². The molecule has 44 heavy (non-hydrogen) atoms. The van der Waals surface area contributed by atoms with E-state index in [9.17, 15) is 23.2 Å². The van der Waals surface area contributed by atoms with Crippen molar-refractivity contribution >= 4 is 53.6 Å². The largest absolute Gasteiger partial charge is 0.480 e. The number of aliphatic carboxylic acids is 1. The van der Waals surface area contributed by atoms with Crippen molar-refractivity contribution in [1.82, 2.24) is 5.32 Å². The van der Waals surface area contributed by atoms with Gasteiger partial charge in [-0.1, -0.05) is 60.7 Å². The fourth-order valence-electron chi connectivity index (χ4n) is 4.05. The topological polar surface area (TPSA) is 132 Å². The van der Waals surface area contributed by atoms with Crippen LogP contribution in [0.15, 0.2) is 84.4 Å². The van der Waals surface area contributed by atoms with Gasteiger partial charge < -0.3 is 15.7 Å². The van der Waals surface area contributed by atoms with Gasteiger partial charge in [0.2, 0.25) is 0 Å². The van der Waals surface area contributed by atoms with E-state index >= 15 is 0 Å². The molecule has 0 aliphatic rings. The number of rotatable bonds is 8. The molecule has 0 fully saturated rings. The number of nitrogens with zero attached hydrogens (tertiary/aromatic N) is 2. The molecule has 222 valence electrons. The minimum Gasteiger partial charge on any atom is -0.480 e. The Bertz CT molecular complexity index is 1780. The summed E-state index contributed by atoms with van der Waals surface area (Å²) in [6, 6.07) is 20.9. The number of hydrogen-bond acceptors (Lipinski definition) is 5. The normalized spacial score (nSPS) is 9.98. The van der Waals surface area contributed by atoms with Gasteiger partial charge >= 0.3 is 5.97 Å². The van der Waals surface area contributed by atoms with Gasteiger partial charge in [0.1, 0.15) is 23.7 Å². The van der Waals surface area contributed by atoms with Gasteiger partial charge in [-0.25, -0.2) is 8.78 Å². The maximum Gasteiger partial charge on any atom is 0.322 e. The molecule has 0 saturated carbocycles. The standard InChI is InChI=1S/C17H13ClN2.C16H12F2N2O4/c1-4-13-11(2)5-7-15(17(13)20-3)14-8-6-12(10-19)9-16(14)18;17-11-6-9(15(23)20-10-4-2-1-3-5-10)7-12(18)14(11)16(24)19-8-13(21)22/h4-9H,1,3H2,2H3;1-7H,8H2,(H,19,24)(H,20,23)(H,21,22). The van der Waals surface area contributed by atoms with Gasteiger partial charge in [-0.05, 0) is 55.6 Å². The number of para-hydroxylation sites is 1. The van der Waals surface area contributed by atoms with Crippen LogP contribution < -0.4 is 10.6 Å². The van der Waals surface area contributed by atoms with Crippen molar-refractivity contribution in [2.45, 2.75) is 6.92 Å². The van der Waals surface area contributed by atoms with Crippen molar-refractivity contribution in [2.75, 3.05) is 11.9 Å². The molecular weight excluding hydrogens is 590 g/mol. The van der Waals surface area contributed by atoms with Crippen molar-refractivity contribution < 1.29 is 28.3 Å². The van der Waals surface area contributed by atoms with Crippen LogP contribution >= 0.6 is 11.6 Å². The number of halogens is 3. The van der Waals surface area contributed by atoms with Crippen LogP contribution in [-0.4, -0.2) is 36.2 Å². The summed E-state index contributed by atoms with van der Waals surface area (Å²) in [5.74, 6) is -5.87. The Kier molecular flexibility index (Phi) is 11.2. The number of nitriles is 1. The third kappa shape index (κ3) is 8.00. The molecule has 0 aliphatic carbocycles. The van der Waals surface area contributed by atoms with Crippen LogP contribution in [0, 0.1) is 29.9 Å². The number of amides is 2. The van der Waals surface area contributed by atoms with Crippen LogP contribution in [0.5, 0.6) is 0 Å². The van der Waals surface area contributed by atoms with Crippen molar-refractivity contribution in [3.8, 4) is 17.2 Å². The summed E-state index contributed by atoms with van der Waals surface area (Å²) in [5, 5.41) is 22.2. The number of hydrogen-bond donors (Lipinski definition) is 3. The summed E-state index contributed by atoms with van der Waals surface area (Å²) in [7, 11) is 0. The maximum absolute atomic E-state index is 14.0. The Hall–Kier alpha value is -5.66.